The minimum Gasteiger partial charge on any atom is -0.476 e. The zero-order valence-corrected chi connectivity index (χ0v) is 18.4. The number of hydrogen-bond donors (Lipinski definition) is 0. The van der Waals surface area contributed by atoms with Crippen LogP contribution in [0.25, 0.3) is 0 Å². The minimum atomic E-state index is -1.08. The zero-order valence-electron chi connectivity index (χ0n) is 18.4. The van der Waals surface area contributed by atoms with E-state index in [2.05, 4.69) is 54.6 Å². The normalized spacial score (nSPS) is 14.5. The van der Waals surface area contributed by atoms with Crippen LogP contribution < -0.4 is 4.74 Å². The van der Waals surface area contributed by atoms with Crippen LogP contribution in [0, 0.1) is 0 Å². The van der Waals surface area contributed by atoms with Crippen LogP contribution in [0.15, 0.2) is 72.8 Å². The van der Waals surface area contributed by atoms with Crippen LogP contribution in [0.2, 0.25) is 0 Å². The van der Waals surface area contributed by atoms with Gasteiger partial charge in [-0.3, -0.25) is 0 Å². The average Bonchev–Trinajstić information content (AvgIpc) is 3.24. The maximum atomic E-state index is 12.9. The molecule has 0 N–H and O–H groups in total. The Hall–Kier alpha value is -3.07. The van der Waals surface area contributed by atoms with Crippen LogP contribution in [0.3, 0.4) is 0 Å². The molecule has 3 aromatic rings. The summed E-state index contributed by atoms with van der Waals surface area (Å²) < 4.78 is 11.7. The van der Waals surface area contributed by atoms with E-state index in [9.17, 15) is 4.79 Å². The molecule has 1 aliphatic rings. The third-order valence-corrected chi connectivity index (χ3v) is 5.93. The van der Waals surface area contributed by atoms with Crippen LogP contribution in [-0.4, -0.2) is 18.2 Å². The fourth-order valence-corrected chi connectivity index (χ4v) is 4.33. The number of carbonyl (C=O) groups excluding carboxylic acids is 1. The first-order chi connectivity index (χ1) is 15.1. The van der Waals surface area contributed by atoms with Gasteiger partial charge < -0.3 is 9.47 Å². The molecule has 3 heteroatoms. The maximum absolute atomic E-state index is 12.9. The van der Waals surface area contributed by atoms with E-state index in [-0.39, 0.29) is 5.97 Å². The molecule has 0 aliphatic heterocycles. The van der Waals surface area contributed by atoms with Crippen molar-refractivity contribution < 1.29 is 14.3 Å². The quantitative estimate of drug-likeness (QED) is 0.443. The van der Waals surface area contributed by atoms with E-state index in [1.54, 1.807) is 0 Å². The second kappa shape index (κ2) is 9.38. The SMILES string of the molecule is CCOC(=O)C(C)(Cc1ccc2c(c1)CCC2)Oc1ccc(Cc2ccccc2)cc1. The molecule has 1 unspecified atom stereocenters. The van der Waals surface area contributed by atoms with Crippen molar-refractivity contribution in [3.63, 3.8) is 0 Å². The van der Waals surface area contributed by atoms with Gasteiger partial charge in [-0.05, 0) is 79.5 Å². The first-order valence-electron chi connectivity index (χ1n) is 11.2. The molecule has 3 nitrogen and oxygen atoms in total. The van der Waals surface area contributed by atoms with E-state index < -0.39 is 5.60 Å². The number of rotatable bonds is 8. The van der Waals surface area contributed by atoms with Gasteiger partial charge in [-0.2, -0.15) is 0 Å². The predicted octanol–water partition coefficient (Wildman–Crippen LogP) is 5.71. The summed E-state index contributed by atoms with van der Waals surface area (Å²) in [7, 11) is 0. The highest BCUT2D eigenvalue weighted by atomic mass is 16.6. The minimum absolute atomic E-state index is 0.330. The Bertz CT molecular complexity index is 1020. The highest BCUT2D eigenvalue weighted by Gasteiger charge is 2.38. The summed E-state index contributed by atoms with van der Waals surface area (Å²) in [6.45, 7) is 3.99. The summed E-state index contributed by atoms with van der Waals surface area (Å²) in [5.74, 6) is 0.345. The maximum Gasteiger partial charge on any atom is 0.350 e. The van der Waals surface area contributed by atoms with E-state index in [0.717, 1.165) is 24.8 Å². The third-order valence-electron chi connectivity index (χ3n) is 5.93. The molecular formula is C28H30O3. The van der Waals surface area contributed by atoms with Crippen LogP contribution in [0.1, 0.15) is 48.1 Å². The molecule has 0 amide bonds. The smallest absolute Gasteiger partial charge is 0.350 e. The van der Waals surface area contributed by atoms with Gasteiger partial charge in [0.25, 0.3) is 0 Å². The highest BCUT2D eigenvalue weighted by Crippen LogP contribution is 2.28. The lowest BCUT2D eigenvalue weighted by Crippen LogP contribution is -2.45. The fourth-order valence-electron chi connectivity index (χ4n) is 4.33. The Morgan fingerprint density at radius 3 is 2.29 bits per heavy atom. The fraction of sp³-hybridized carbons (Fsp3) is 0.321. The van der Waals surface area contributed by atoms with Gasteiger partial charge in [-0.1, -0.05) is 60.7 Å². The number of esters is 1. The van der Waals surface area contributed by atoms with Crippen molar-refractivity contribution in [2.75, 3.05) is 6.61 Å². The Morgan fingerprint density at radius 1 is 0.871 bits per heavy atom. The molecule has 31 heavy (non-hydrogen) atoms. The summed E-state index contributed by atoms with van der Waals surface area (Å²) in [4.78, 5) is 12.9. The summed E-state index contributed by atoms with van der Waals surface area (Å²) >= 11 is 0. The Morgan fingerprint density at radius 2 is 1.55 bits per heavy atom. The largest absolute Gasteiger partial charge is 0.476 e. The lowest BCUT2D eigenvalue weighted by Gasteiger charge is -2.29. The molecule has 0 bridgehead atoms. The Kier molecular flexibility index (Phi) is 6.41. The van der Waals surface area contributed by atoms with Crippen molar-refractivity contribution in [2.24, 2.45) is 0 Å². The van der Waals surface area contributed by atoms with Crippen molar-refractivity contribution in [2.45, 2.75) is 51.6 Å². The molecule has 0 saturated heterocycles. The molecule has 1 atom stereocenters. The van der Waals surface area contributed by atoms with Gasteiger partial charge in [0.15, 0.2) is 0 Å². The number of benzene rings is 3. The van der Waals surface area contributed by atoms with E-state index in [0.29, 0.717) is 18.8 Å². The molecule has 0 heterocycles. The Labute approximate surface area is 185 Å². The zero-order chi connectivity index (χ0) is 21.7. The van der Waals surface area contributed by atoms with Gasteiger partial charge in [-0.25, -0.2) is 4.79 Å². The molecule has 0 fully saturated rings. The van der Waals surface area contributed by atoms with Crippen molar-refractivity contribution >= 4 is 5.97 Å². The molecular weight excluding hydrogens is 384 g/mol. The molecule has 160 valence electrons. The van der Waals surface area contributed by atoms with Crippen LogP contribution in [0.5, 0.6) is 5.75 Å². The highest BCUT2D eigenvalue weighted by molar-refractivity contribution is 5.80. The number of hydrogen-bond acceptors (Lipinski definition) is 3. The van der Waals surface area contributed by atoms with E-state index in [4.69, 9.17) is 9.47 Å². The van der Waals surface area contributed by atoms with Crippen molar-refractivity contribution in [1.29, 1.82) is 0 Å². The van der Waals surface area contributed by atoms with Gasteiger partial charge in [0.2, 0.25) is 5.60 Å². The summed E-state index contributed by atoms with van der Waals surface area (Å²) in [5.41, 5.74) is 5.32. The van der Waals surface area contributed by atoms with Gasteiger partial charge >= 0.3 is 5.97 Å². The first kappa shape index (κ1) is 21.2. The van der Waals surface area contributed by atoms with Crippen molar-refractivity contribution in [1.82, 2.24) is 0 Å². The second-order valence-electron chi connectivity index (χ2n) is 8.49. The molecule has 0 aromatic heterocycles. The molecule has 0 radical (unpaired) electrons. The predicted molar refractivity (Wildman–Crippen MR) is 124 cm³/mol. The summed E-state index contributed by atoms with van der Waals surface area (Å²) in [6.07, 6.45) is 4.82. The lowest BCUT2D eigenvalue weighted by atomic mass is 9.94. The Balaban J connectivity index is 1.51. The van der Waals surface area contributed by atoms with Crippen molar-refractivity contribution in [3.8, 4) is 5.75 Å². The third kappa shape index (κ3) is 5.16. The average molecular weight is 415 g/mol. The van der Waals surface area contributed by atoms with Gasteiger partial charge in [0, 0.05) is 6.42 Å². The summed E-state index contributed by atoms with van der Waals surface area (Å²) in [6, 6.07) is 24.9. The molecule has 0 spiro atoms. The molecule has 4 rings (SSSR count). The first-order valence-corrected chi connectivity index (χ1v) is 11.2. The van der Waals surface area contributed by atoms with Gasteiger partial charge in [0.1, 0.15) is 5.75 Å². The molecule has 1 aliphatic carbocycles. The van der Waals surface area contributed by atoms with E-state index >= 15 is 0 Å². The number of aryl methyl sites for hydroxylation is 2. The van der Waals surface area contributed by atoms with Crippen LogP contribution in [-0.2, 0) is 35.2 Å². The topological polar surface area (TPSA) is 35.5 Å². The van der Waals surface area contributed by atoms with Gasteiger partial charge in [0.05, 0.1) is 6.61 Å². The van der Waals surface area contributed by atoms with Crippen LogP contribution >= 0.6 is 0 Å². The molecule has 0 saturated carbocycles. The molecule has 3 aromatic carbocycles. The second-order valence-corrected chi connectivity index (χ2v) is 8.49. The number of ether oxygens (including phenoxy) is 2. The van der Waals surface area contributed by atoms with Gasteiger partial charge in [-0.15, -0.1) is 0 Å². The van der Waals surface area contributed by atoms with Crippen molar-refractivity contribution in [3.05, 3.63) is 101 Å². The number of carbonyl (C=O) groups is 1. The number of fused-ring (bicyclic) bond motifs is 1. The summed E-state index contributed by atoms with van der Waals surface area (Å²) in [5, 5.41) is 0. The lowest BCUT2D eigenvalue weighted by molar-refractivity contribution is -0.160. The van der Waals surface area contributed by atoms with E-state index in [1.165, 1.54) is 28.7 Å². The van der Waals surface area contributed by atoms with Crippen LogP contribution in [0.4, 0.5) is 0 Å². The van der Waals surface area contributed by atoms with E-state index in [1.807, 2.05) is 32.0 Å². The monoisotopic (exact) mass is 414 g/mol. The standard InChI is InChI=1S/C28H30O3/c1-3-30-27(29)28(2,20-23-12-15-24-10-7-11-25(24)19-23)31-26-16-13-22(14-17-26)18-21-8-5-4-6-9-21/h4-6,8-9,12-17,19H,3,7,10-11,18,20H2,1-2H3.